The Kier molecular flexibility index (Phi) is 1.83. The third kappa shape index (κ3) is 1.23. The Morgan fingerprint density at radius 1 is 1.38 bits per heavy atom. The van der Waals surface area contributed by atoms with Crippen LogP contribution in [0.2, 0.25) is 0 Å². The van der Waals surface area contributed by atoms with Gasteiger partial charge in [-0.05, 0) is 15.9 Å². The summed E-state index contributed by atoms with van der Waals surface area (Å²) >= 11 is 3.03. The minimum Gasteiger partial charge on any atom is -0.274 e. The molecule has 0 saturated carbocycles. The SMILES string of the molecule is Cn1cc2c(Br)c(F)cc(F)c2n1. The lowest BCUT2D eigenvalue weighted by molar-refractivity contribution is 0.585. The average Bonchev–Trinajstić information content (AvgIpc) is 2.44. The summed E-state index contributed by atoms with van der Waals surface area (Å²) in [4.78, 5) is 0. The average molecular weight is 247 g/mol. The fourth-order valence-electron chi connectivity index (χ4n) is 1.20. The second kappa shape index (κ2) is 2.77. The maximum atomic E-state index is 13.1. The molecule has 0 aliphatic heterocycles. The van der Waals surface area contributed by atoms with E-state index in [1.54, 1.807) is 13.2 Å². The van der Waals surface area contributed by atoms with E-state index in [-0.39, 0.29) is 9.99 Å². The molecule has 2 rings (SSSR count). The molecule has 2 nitrogen and oxygen atoms in total. The van der Waals surface area contributed by atoms with Gasteiger partial charge in [-0.2, -0.15) is 5.10 Å². The van der Waals surface area contributed by atoms with Crippen LogP contribution in [-0.4, -0.2) is 9.78 Å². The lowest BCUT2D eigenvalue weighted by atomic mass is 10.2. The van der Waals surface area contributed by atoms with Crippen LogP contribution in [0.5, 0.6) is 0 Å². The third-order valence-corrected chi connectivity index (χ3v) is 2.56. The van der Waals surface area contributed by atoms with Crippen molar-refractivity contribution in [3.63, 3.8) is 0 Å². The molecule has 0 saturated heterocycles. The van der Waals surface area contributed by atoms with Crippen molar-refractivity contribution in [2.24, 2.45) is 7.05 Å². The van der Waals surface area contributed by atoms with Crippen molar-refractivity contribution in [2.75, 3.05) is 0 Å². The predicted octanol–water partition coefficient (Wildman–Crippen LogP) is 2.61. The normalized spacial score (nSPS) is 11.1. The van der Waals surface area contributed by atoms with Gasteiger partial charge in [-0.3, -0.25) is 4.68 Å². The van der Waals surface area contributed by atoms with Crippen LogP contribution in [0.25, 0.3) is 10.9 Å². The first-order chi connectivity index (χ1) is 6.09. The van der Waals surface area contributed by atoms with Gasteiger partial charge < -0.3 is 0 Å². The van der Waals surface area contributed by atoms with Crippen molar-refractivity contribution in [3.8, 4) is 0 Å². The van der Waals surface area contributed by atoms with Gasteiger partial charge >= 0.3 is 0 Å². The third-order valence-electron chi connectivity index (χ3n) is 1.75. The highest BCUT2D eigenvalue weighted by molar-refractivity contribution is 9.10. The summed E-state index contributed by atoms with van der Waals surface area (Å²) in [6.07, 6.45) is 1.56. The van der Waals surface area contributed by atoms with Crippen LogP contribution >= 0.6 is 15.9 Å². The zero-order valence-electron chi connectivity index (χ0n) is 6.68. The summed E-state index contributed by atoms with van der Waals surface area (Å²) < 4.78 is 27.8. The molecular weight excluding hydrogens is 242 g/mol. The first kappa shape index (κ1) is 8.62. The Balaban J connectivity index is 2.95. The Hall–Kier alpha value is -0.970. The lowest BCUT2D eigenvalue weighted by Crippen LogP contribution is -1.87. The van der Waals surface area contributed by atoms with Crippen LogP contribution in [0.1, 0.15) is 0 Å². The Labute approximate surface area is 81.3 Å². The standard InChI is InChI=1S/C8H5BrF2N2/c1-13-3-4-7(9)5(10)2-6(11)8(4)12-13/h2-3H,1H3. The maximum Gasteiger partial charge on any atom is 0.154 e. The zero-order chi connectivity index (χ0) is 9.59. The monoisotopic (exact) mass is 246 g/mol. The van der Waals surface area contributed by atoms with Gasteiger partial charge in [0.05, 0.1) is 4.47 Å². The maximum absolute atomic E-state index is 13.1. The minimum atomic E-state index is -0.642. The minimum absolute atomic E-state index is 0.177. The highest BCUT2D eigenvalue weighted by Crippen LogP contribution is 2.27. The number of hydrogen-bond acceptors (Lipinski definition) is 1. The number of nitrogens with zero attached hydrogens (tertiary/aromatic N) is 2. The largest absolute Gasteiger partial charge is 0.274 e. The predicted molar refractivity (Wildman–Crippen MR) is 48.3 cm³/mol. The van der Waals surface area contributed by atoms with E-state index in [9.17, 15) is 8.78 Å². The van der Waals surface area contributed by atoms with Gasteiger partial charge in [0.2, 0.25) is 0 Å². The zero-order valence-corrected chi connectivity index (χ0v) is 8.27. The lowest BCUT2D eigenvalue weighted by Gasteiger charge is -1.95. The highest BCUT2D eigenvalue weighted by atomic mass is 79.9. The van der Waals surface area contributed by atoms with Crippen molar-refractivity contribution >= 4 is 26.8 Å². The number of hydrogen-bond donors (Lipinski definition) is 0. The van der Waals surface area contributed by atoms with Gasteiger partial charge in [0.1, 0.15) is 11.3 Å². The molecule has 0 radical (unpaired) electrons. The molecule has 1 aromatic carbocycles. The molecule has 68 valence electrons. The van der Waals surface area contributed by atoms with E-state index in [1.165, 1.54) is 4.68 Å². The van der Waals surface area contributed by atoms with Crippen molar-refractivity contribution in [3.05, 3.63) is 28.4 Å². The molecule has 0 unspecified atom stereocenters. The number of benzene rings is 1. The molecule has 0 N–H and O–H groups in total. The molecule has 1 heterocycles. The number of halogens is 3. The second-order valence-electron chi connectivity index (χ2n) is 2.72. The van der Waals surface area contributed by atoms with E-state index in [2.05, 4.69) is 21.0 Å². The van der Waals surface area contributed by atoms with Gasteiger partial charge in [-0.15, -0.1) is 0 Å². The Morgan fingerprint density at radius 2 is 2.08 bits per heavy atom. The molecule has 0 aliphatic carbocycles. The molecule has 2 aromatic rings. The number of fused-ring (bicyclic) bond motifs is 1. The first-order valence-electron chi connectivity index (χ1n) is 3.56. The van der Waals surface area contributed by atoms with Crippen LogP contribution in [0.4, 0.5) is 8.78 Å². The van der Waals surface area contributed by atoms with Gasteiger partial charge in [-0.1, -0.05) is 0 Å². The highest BCUT2D eigenvalue weighted by Gasteiger charge is 2.12. The van der Waals surface area contributed by atoms with E-state index in [1.807, 2.05) is 0 Å². The van der Waals surface area contributed by atoms with E-state index < -0.39 is 11.6 Å². The fourth-order valence-corrected chi connectivity index (χ4v) is 1.60. The molecule has 0 spiro atoms. The topological polar surface area (TPSA) is 17.8 Å². The van der Waals surface area contributed by atoms with Crippen LogP contribution in [0.15, 0.2) is 16.7 Å². The molecule has 0 atom stereocenters. The molecular formula is C8H5BrF2N2. The first-order valence-corrected chi connectivity index (χ1v) is 4.35. The van der Waals surface area contributed by atoms with E-state index in [4.69, 9.17) is 0 Å². The van der Waals surface area contributed by atoms with Crippen molar-refractivity contribution in [1.29, 1.82) is 0 Å². The molecule has 0 amide bonds. The van der Waals surface area contributed by atoms with Crippen molar-refractivity contribution < 1.29 is 8.78 Å². The quantitative estimate of drug-likeness (QED) is 0.654. The summed E-state index contributed by atoms with van der Waals surface area (Å²) in [7, 11) is 1.66. The number of aryl methyl sites for hydroxylation is 1. The van der Waals surface area contributed by atoms with Crippen LogP contribution in [-0.2, 0) is 7.05 Å². The number of aromatic nitrogens is 2. The van der Waals surface area contributed by atoms with Crippen LogP contribution < -0.4 is 0 Å². The van der Waals surface area contributed by atoms with E-state index in [0.717, 1.165) is 6.07 Å². The summed E-state index contributed by atoms with van der Waals surface area (Å²) in [6.45, 7) is 0. The van der Waals surface area contributed by atoms with Gasteiger partial charge in [0.25, 0.3) is 0 Å². The Bertz CT molecular complexity index is 478. The molecule has 1 aromatic heterocycles. The molecule has 0 bridgehead atoms. The summed E-state index contributed by atoms with van der Waals surface area (Å²) in [5.74, 6) is -1.26. The van der Waals surface area contributed by atoms with Gasteiger partial charge in [0.15, 0.2) is 5.82 Å². The van der Waals surface area contributed by atoms with Gasteiger partial charge in [0, 0.05) is 24.7 Å². The van der Waals surface area contributed by atoms with E-state index in [0.29, 0.717) is 5.39 Å². The summed E-state index contributed by atoms with van der Waals surface area (Å²) in [6, 6.07) is 0.819. The van der Waals surface area contributed by atoms with Gasteiger partial charge in [-0.25, -0.2) is 8.78 Å². The summed E-state index contributed by atoms with van der Waals surface area (Å²) in [5, 5.41) is 4.30. The van der Waals surface area contributed by atoms with Crippen molar-refractivity contribution in [2.45, 2.75) is 0 Å². The molecule has 5 heteroatoms. The van der Waals surface area contributed by atoms with Crippen molar-refractivity contribution in [1.82, 2.24) is 9.78 Å². The molecule has 13 heavy (non-hydrogen) atoms. The fraction of sp³-hybridized carbons (Fsp3) is 0.125. The Morgan fingerprint density at radius 3 is 2.77 bits per heavy atom. The number of rotatable bonds is 0. The molecule has 0 aliphatic rings. The summed E-state index contributed by atoms with van der Waals surface area (Å²) in [5.41, 5.74) is 0.177. The molecule has 0 fully saturated rings. The smallest absolute Gasteiger partial charge is 0.154 e. The van der Waals surface area contributed by atoms with Crippen LogP contribution in [0.3, 0.4) is 0 Å². The second-order valence-corrected chi connectivity index (χ2v) is 3.51. The van der Waals surface area contributed by atoms with E-state index >= 15 is 0 Å². The van der Waals surface area contributed by atoms with Crippen LogP contribution in [0, 0.1) is 11.6 Å².